The van der Waals surface area contributed by atoms with E-state index in [1.807, 2.05) is 0 Å². The molecule has 0 spiro atoms. The average Bonchev–Trinajstić information content (AvgIpc) is 2.27. The summed E-state index contributed by atoms with van der Waals surface area (Å²) in [5.41, 5.74) is 0. The number of hydrogen-bond acceptors (Lipinski definition) is 3. The second-order valence-corrected chi connectivity index (χ2v) is 5.42. The quantitative estimate of drug-likeness (QED) is 0.662. The van der Waals surface area contributed by atoms with Crippen molar-refractivity contribution in [1.82, 2.24) is 15.5 Å². The smallest absolute Gasteiger partial charge is 0.0193 e. The monoisotopic (exact) mass is 225 g/mol. The molecule has 0 amide bonds. The summed E-state index contributed by atoms with van der Waals surface area (Å²) >= 11 is 0. The Kier molecular flexibility index (Phi) is 5.07. The predicted molar refractivity (Wildman–Crippen MR) is 68.7 cm³/mol. The lowest BCUT2D eigenvalue weighted by molar-refractivity contribution is 0.179. The van der Waals surface area contributed by atoms with Gasteiger partial charge in [-0.1, -0.05) is 19.3 Å². The summed E-state index contributed by atoms with van der Waals surface area (Å²) in [6.07, 6.45) is 5.83. The molecule has 0 aromatic heterocycles. The first kappa shape index (κ1) is 12.3. The minimum Gasteiger partial charge on any atom is -0.315 e. The summed E-state index contributed by atoms with van der Waals surface area (Å²) in [5.74, 6) is 1.04. The van der Waals surface area contributed by atoms with E-state index in [1.165, 1.54) is 45.3 Å². The first-order valence-electron chi connectivity index (χ1n) is 7.02. The van der Waals surface area contributed by atoms with E-state index < -0.39 is 0 Å². The molecular weight excluding hydrogens is 198 g/mol. The summed E-state index contributed by atoms with van der Waals surface area (Å²) in [7, 11) is 0. The van der Waals surface area contributed by atoms with Crippen LogP contribution in [0.3, 0.4) is 0 Å². The van der Waals surface area contributed by atoms with Gasteiger partial charge in [0.1, 0.15) is 0 Å². The molecule has 0 aromatic rings. The van der Waals surface area contributed by atoms with Crippen LogP contribution in [0.15, 0.2) is 0 Å². The van der Waals surface area contributed by atoms with Crippen molar-refractivity contribution in [3.05, 3.63) is 0 Å². The largest absolute Gasteiger partial charge is 0.315 e. The zero-order chi connectivity index (χ0) is 11.2. The molecule has 2 N–H and O–H groups in total. The fourth-order valence-electron chi connectivity index (χ4n) is 2.65. The van der Waals surface area contributed by atoms with Gasteiger partial charge in [0.2, 0.25) is 0 Å². The van der Waals surface area contributed by atoms with Crippen molar-refractivity contribution in [3.8, 4) is 0 Å². The van der Waals surface area contributed by atoms with Crippen molar-refractivity contribution in [2.24, 2.45) is 5.92 Å². The Balaban J connectivity index is 1.50. The molecule has 2 fully saturated rings. The lowest BCUT2D eigenvalue weighted by Gasteiger charge is -2.33. The van der Waals surface area contributed by atoms with Crippen LogP contribution in [-0.2, 0) is 0 Å². The van der Waals surface area contributed by atoms with Gasteiger partial charge in [-0.3, -0.25) is 4.90 Å². The highest BCUT2D eigenvalue weighted by atomic mass is 15.2. The van der Waals surface area contributed by atoms with E-state index in [-0.39, 0.29) is 0 Å². The van der Waals surface area contributed by atoms with Crippen LogP contribution in [-0.4, -0.2) is 50.2 Å². The molecular formula is C13H27N3. The highest BCUT2D eigenvalue weighted by molar-refractivity contribution is 4.76. The van der Waals surface area contributed by atoms with Gasteiger partial charge in [0.15, 0.2) is 0 Å². The third-order valence-corrected chi connectivity index (χ3v) is 4.17. The molecule has 0 radical (unpaired) electrons. The second kappa shape index (κ2) is 6.58. The Morgan fingerprint density at radius 1 is 1.31 bits per heavy atom. The van der Waals surface area contributed by atoms with Crippen LogP contribution in [0.5, 0.6) is 0 Å². The van der Waals surface area contributed by atoms with E-state index in [0.29, 0.717) is 6.04 Å². The van der Waals surface area contributed by atoms with Crippen LogP contribution in [0.1, 0.15) is 32.6 Å². The van der Waals surface area contributed by atoms with E-state index in [9.17, 15) is 0 Å². The van der Waals surface area contributed by atoms with E-state index in [1.54, 1.807) is 0 Å². The SMILES string of the molecule is CC(CNCCC1CCC1)N1CCNCC1. The van der Waals surface area contributed by atoms with Gasteiger partial charge >= 0.3 is 0 Å². The van der Waals surface area contributed by atoms with Gasteiger partial charge in [-0.2, -0.15) is 0 Å². The topological polar surface area (TPSA) is 27.3 Å². The Bertz CT molecular complexity index is 186. The van der Waals surface area contributed by atoms with E-state index in [2.05, 4.69) is 22.5 Å². The first-order valence-corrected chi connectivity index (χ1v) is 7.02. The van der Waals surface area contributed by atoms with Crippen molar-refractivity contribution in [1.29, 1.82) is 0 Å². The fourth-order valence-corrected chi connectivity index (χ4v) is 2.65. The molecule has 1 saturated carbocycles. The van der Waals surface area contributed by atoms with Gasteiger partial charge < -0.3 is 10.6 Å². The van der Waals surface area contributed by atoms with Crippen LogP contribution in [0.4, 0.5) is 0 Å². The van der Waals surface area contributed by atoms with Crippen molar-refractivity contribution < 1.29 is 0 Å². The molecule has 3 heteroatoms. The highest BCUT2D eigenvalue weighted by Gasteiger charge is 2.18. The molecule has 2 aliphatic rings. The number of nitrogens with one attached hydrogen (secondary N) is 2. The zero-order valence-corrected chi connectivity index (χ0v) is 10.7. The minimum absolute atomic E-state index is 0.698. The maximum Gasteiger partial charge on any atom is 0.0193 e. The van der Waals surface area contributed by atoms with Gasteiger partial charge in [0.25, 0.3) is 0 Å². The third-order valence-electron chi connectivity index (χ3n) is 4.17. The highest BCUT2D eigenvalue weighted by Crippen LogP contribution is 2.28. The van der Waals surface area contributed by atoms with E-state index >= 15 is 0 Å². The lowest BCUT2D eigenvalue weighted by atomic mass is 9.83. The second-order valence-electron chi connectivity index (χ2n) is 5.42. The lowest BCUT2D eigenvalue weighted by Crippen LogP contribution is -2.50. The van der Waals surface area contributed by atoms with Crippen molar-refractivity contribution in [2.75, 3.05) is 39.3 Å². The van der Waals surface area contributed by atoms with E-state index in [4.69, 9.17) is 0 Å². The normalized spacial score (nSPS) is 25.3. The van der Waals surface area contributed by atoms with Gasteiger partial charge in [0.05, 0.1) is 0 Å². The summed E-state index contributed by atoms with van der Waals surface area (Å²) in [6, 6.07) is 0.698. The van der Waals surface area contributed by atoms with Crippen LogP contribution in [0.25, 0.3) is 0 Å². The first-order chi connectivity index (χ1) is 7.86. The van der Waals surface area contributed by atoms with Crippen LogP contribution >= 0.6 is 0 Å². The predicted octanol–water partition coefficient (Wildman–Crippen LogP) is 1.06. The number of rotatable bonds is 6. The Hall–Kier alpha value is -0.120. The van der Waals surface area contributed by atoms with Crippen molar-refractivity contribution in [3.63, 3.8) is 0 Å². The fraction of sp³-hybridized carbons (Fsp3) is 1.00. The molecule has 1 unspecified atom stereocenters. The number of nitrogens with zero attached hydrogens (tertiary/aromatic N) is 1. The summed E-state index contributed by atoms with van der Waals surface area (Å²) < 4.78 is 0. The zero-order valence-electron chi connectivity index (χ0n) is 10.7. The maximum atomic E-state index is 3.62. The van der Waals surface area contributed by atoms with Gasteiger partial charge in [0, 0.05) is 38.8 Å². The summed E-state index contributed by atoms with van der Waals surface area (Å²) in [6.45, 7) is 9.48. The van der Waals surface area contributed by atoms with Crippen molar-refractivity contribution in [2.45, 2.75) is 38.6 Å². The van der Waals surface area contributed by atoms with Crippen LogP contribution in [0.2, 0.25) is 0 Å². The molecule has 0 bridgehead atoms. The van der Waals surface area contributed by atoms with Gasteiger partial charge in [-0.15, -0.1) is 0 Å². The standard InChI is InChI=1S/C13H27N3/c1-12(16-9-7-14-8-10-16)11-15-6-5-13-3-2-4-13/h12-15H,2-11H2,1H3. The maximum absolute atomic E-state index is 3.62. The Morgan fingerprint density at radius 3 is 2.69 bits per heavy atom. The number of piperazine rings is 1. The molecule has 0 aromatic carbocycles. The molecule has 1 aliphatic carbocycles. The molecule has 1 heterocycles. The molecule has 1 aliphatic heterocycles. The average molecular weight is 225 g/mol. The van der Waals surface area contributed by atoms with Crippen LogP contribution < -0.4 is 10.6 Å². The molecule has 3 nitrogen and oxygen atoms in total. The molecule has 2 rings (SSSR count). The van der Waals surface area contributed by atoms with Crippen molar-refractivity contribution >= 4 is 0 Å². The van der Waals surface area contributed by atoms with Gasteiger partial charge in [-0.25, -0.2) is 0 Å². The molecule has 16 heavy (non-hydrogen) atoms. The number of hydrogen-bond donors (Lipinski definition) is 2. The molecule has 94 valence electrons. The van der Waals surface area contributed by atoms with Crippen LogP contribution in [0, 0.1) is 5.92 Å². The van der Waals surface area contributed by atoms with E-state index in [0.717, 1.165) is 25.6 Å². The minimum atomic E-state index is 0.698. The Labute approximate surface area is 100.0 Å². The molecule has 1 atom stereocenters. The summed E-state index contributed by atoms with van der Waals surface area (Å²) in [4.78, 5) is 2.59. The van der Waals surface area contributed by atoms with Gasteiger partial charge in [-0.05, 0) is 25.8 Å². The molecule has 1 saturated heterocycles. The summed E-state index contributed by atoms with van der Waals surface area (Å²) in [5, 5.41) is 7.02. The third kappa shape index (κ3) is 3.72. The Morgan fingerprint density at radius 2 is 2.06 bits per heavy atom.